The largest absolute Gasteiger partial charge is 0.493 e. The molecule has 1 aromatic rings. The van der Waals surface area contributed by atoms with E-state index < -0.39 is 6.10 Å². The van der Waals surface area contributed by atoms with Crippen LogP contribution in [0.5, 0.6) is 11.5 Å². The van der Waals surface area contributed by atoms with Gasteiger partial charge in [0.2, 0.25) is 0 Å². The fourth-order valence-corrected chi connectivity index (χ4v) is 1.85. The van der Waals surface area contributed by atoms with E-state index in [2.05, 4.69) is 5.32 Å². The second-order valence-corrected chi connectivity index (χ2v) is 5.24. The van der Waals surface area contributed by atoms with E-state index in [9.17, 15) is 4.79 Å². The SMILES string of the molecule is COc1cc(C(C)N)ccc1OC(C)C(=O)NC1CC1. The second-order valence-electron chi connectivity index (χ2n) is 5.24. The Labute approximate surface area is 119 Å². The van der Waals surface area contributed by atoms with E-state index in [1.165, 1.54) is 0 Å². The normalized spacial score (nSPS) is 17.2. The summed E-state index contributed by atoms with van der Waals surface area (Å²) in [6, 6.07) is 5.77. The lowest BCUT2D eigenvalue weighted by molar-refractivity contribution is -0.127. The number of carbonyl (C=O) groups is 1. The number of methoxy groups -OCH3 is 1. The number of amides is 1. The van der Waals surface area contributed by atoms with Crippen molar-refractivity contribution in [3.05, 3.63) is 23.8 Å². The van der Waals surface area contributed by atoms with Crippen molar-refractivity contribution in [1.82, 2.24) is 5.32 Å². The summed E-state index contributed by atoms with van der Waals surface area (Å²) in [5.74, 6) is 1.05. The van der Waals surface area contributed by atoms with Crippen LogP contribution in [0.2, 0.25) is 0 Å². The van der Waals surface area contributed by atoms with Crippen LogP contribution in [0.3, 0.4) is 0 Å². The number of hydrogen-bond donors (Lipinski definition) is 2. The van der Waals surface area contributed by atoms with Gasteiger partial charge in [-0.1, -0.05) is 6.07 Å². The molecule has 2 atom stereocenters. The minimum Gasteiger partial charge on any atom is -0.493 e. The van der Waals surface area contributed by atoms with Crippen molar-refractivity contribution in [3.63, 3.8) is 0 Å². The topological polar surface area (TPSA) is 73.6 Å². The molecule has 0 aromatic heterocycles. The van der Waals surface area contributed by atoms with Gasteiger partial charge in [0.25, 0.3) is 5.91 Å². The molecule has 0 bridgehead atoms. The molecule has 1 fully saturated rings. The van der Waals surface area contributed by atoms with Crippen LogP contribution in [0.4, 0.5) is 0 Å². The predicted molar refractivity (Wildman–Crippen MR) is 76.9 cm³/mol. The highest BCUT2D eigenvalue weighted by Crippen LogP contribution is 2.30. The van der Waals surface area contributed by atoms with Crippen LogP contribution in [0.25, 0.3) is 0 Å². The molecule has 0 aliphatic heterocycles. The maximum Gasteiger partial charge on any atom is 0.260 e. The third kappa shape index (κ3) is 3.63. The summed E-state index contributed by atoms with van der Waals surface area (Å²) in [5.41, 5.74) is 6.80. The van der Waals surface area contributed by atoms with Gasteiger partial charge in [0, 0.05) is 12.1 Å². The molecule has 20 heavy (non-hydrogen) atoms. The van der Waals surface area contributed by atoms with Crippen molar-refractivity contribution < 1.29 is 14.3 Å². The molecule has 1 amide bonds. The van der Waals surface area contributed by atoms with Crippen molar-refractivity contribution in [1.29, 1.82) is 0 Å². The first-order valence-electron chi connectivity index (χ1n) is 6.91. The molecule has 5 heteroatoms. The van der Waals surface area contributed by atoms with Gasteiger partial charge in [-0.3, -0.25) is 4.79 Å². The van der Waals surface area contributed by atoms with Crippen molar-refractivity contribution in [3.8, 4) is 11.5 Å². The third-order valence-corrected chi connectivity index (χ3v) is 3.31. The Kier molecular flexibility index (Phi) is 4.49. The number of benzene rings is 1. The summed E-state index contributed by atoms with van der Waals surface area (Å²) in [5, 5.41) is 2.92. The predicted octanol–water partition coefficient (Wildman–Crippen LogP) is 1.76. The number of nitrogens with two attached hydrogens (primary N) is 1. The van der Waals surface area contributed by atoms with Crippen LogP contribution in [-0.2, 0) is 4.79 Å². The van der Waals surface area contributed by atoms with Gasteiger partial charge >= 0.3 is 0 Å². The average Bonchev–Trinajstić information content (AvgIpc) is 3.22. The van der Waals surface area contributed by atoms with Crippen LogP contribution in [-0.4, -0.2) is 25.2 Å². The van der Waals surface area contributed by atoms with E-state index in [-0.39, 0.29) is 11.9 Å². The number of hydrogen-bond acceptors (Lipinski definition) is 4. The Balaban J connectivity index is 2.05. The zero-order valence-electron chi connectivity index (χ0n) is 12.2. The standard InChI is InChI=1S/C15H22N2O3/c1-9(16)11-4-7-13(14(8-11)19-3)20-10(2)15(18)17-12-5-6-12/h4,7-10,12H,5-6,16H2,1-3H3,(H,17,18). The molecule has 0 saturated heterocycles. The van der Waals surface area contributed by atoms with E-state index in [1.54, 1.807) is 20.1 Å². The van der Waals surface area contributed by atoms with E-state index in [1.807, 2.05) is 19.1 Å². The summed E-state index contributed by atoms with van der Waals surface area (Å²) >= 11 is 0. The van der Waals surface area contributed by atoms with Gasteiger partial charge in [0.05, 0.1) is 7.11 Å². The number of ether oxygens (including phenoxy) is 2. The first-order chi connectivity index (χ1) is 9.51. The Morgan fingerprint density at radius 1 is 1.35 bits per heavy atom. The van der Waals surface area contributed by atoms with Crippen LogP contribution in [0.15, 0.2) is 18.2 Å². The van der Waals surface area contributed by atoms with Crippen molar-refractivity contribution in [2.45, 2.75) is 44.9 Å². The summed E-state index contributed by atoms with van der Waals surface area (Å²) < 4.78 is 11.0. The molecule has 1 aliphatic carbocycles. The Bertz CT molecular complexity index is 484. The lowest BCUT2D eigenvalue weighted by Gasteiger charge is -2.18. The van der Waals surface area contributed by atoms with Crippen LogP contribution in [0.1, 0.15) is 38.3 Å². The fraction of sp³-hybridized carbons (Fsp3) is 0.533. The van der Waals surface area contributed by atoms with Gasteiger partial charge in [0.15, 0.2) is 17.6 Å². The minimum atomic E-state index is -0.550. The maximum absolute atomic E-state index is 11.9. The third-order valence-electron chi connectivity index (χ3n) is 3.31. The van der Waals surface area contributed by atoms with Crippen LogP contribution < -0.4 is 20.5 Å². The van der Waals surface area contributed by atoms with Gasteiger partial charge in [0.1, 0.15) is 0 Å². The van der Waals surface area contributed by atoms with E-state index in [0.29, 0.717) is 17.5 Å². The average molecular weight is 278 g/mol. The molecule has 1 saturated carbocycles. The Hall–Kier alpha value is -1.75. The highest BCUT2D eigenvalue weighted by Gasteiger charge is 2.26. The summed E-state index contributed by atoms with van der Waals surface area (Å²) in [6.07, 6.45) is 1.57. The first kappa shape index (κ1) is 14.7. The fourth-order valence-electron chi connectivity index (χ4n) is 1.85. The zero-order chi connectivity index (χ0) is 14.7. The quantitative estimate of drug-likeness (QED) is 0.831. The summed E-state index contributed by atoms with van der Waals surface area (Å²) in [6.45, 7) is 3.64. The number of rotatable bonds is 6. The highest BCUT2D eigenvalue weighted by atomic mass is 16.5. The monoisotopic (exact) mass is 278 g/mol. The lowest BCUT2D eigenvalue weighted by Crippen LogP contribution is -2.37. The van der Waals surface area contributed by atoms with Gasteiger partial charge in [-0.05, 0) is 44.4 Å². The Morgan fingerprint density at radius 2 is 2.05 bits per heavy atom. The molecule has 110 valence electrons. The molecule has 1 aliphatic rings. The molecular formula is C15H22N2O3. The van der Waals surface area contributed by atoms with Crippen LogP contribution >= 0.6 is 0 Å². The molecule has 2 rings (SSSR count). The van der Waals surface area contributed by atoms with Crippen LogP contribution in [0, 0.1) is 0 Å². The second kappa shape index (κ2) is 6.13. The lowest BCUT2D eigenvalue weighted by atomic mass is 10.1. The molecule has 3 N–H and O–H groups in total. The van der Waals surface area contributed by atoms with Gasteiger partial charge < -0.3 is 20.5 Å². The zero-order valence-corrected chi connectivity index (χ0v) is 12.2. The first-order valence-corrected chi connectivity index (χ1v) is 6.91. The van der Waals surface area contributed by atoms with E-state index in [0.717, 1.165) is 18.4 Å². The number of nitrogens with one attached hydrogen (secondary N) is 1. The van der Waals surface area contributed by atoms with Gasteiger partial charge in [-0.2, -0.15) is 0 Å². The molecule has 0 radical (unpaired) electrons. The Morgan fingerprint density at radius 3 is 2.60 bits per heavy atom. The summed E-state index contributed by atoms with van der Waals surface area (Å²) in [7, 11) is 1.57. The molecule has 0 spiro atoms. The van der Waals surface area contributed by atoms with Crippen molar-refractivity contribution >= 4 is 5.91 Å². The maximum atomic E-state index is 11.9. The number of carbonyl (C=O) groups excluding carboxylic acids is 1. The van der Waals surface area contributed by atoms with Gasteiger partial charge in [-0.25, -0.2) is 0 Å². The highest BCUT2D eigenvalue weighted by molar-refractivity contribution is 5.81. The van der Waals surface area contributed by atoms with Crippen molar-refractivity contribution in [2.75, 3.05) is 7.11 Å². The molecular weight excluding hydrogens is 256 g/mol. The summed E-state index contributed by atoms with van der Waals surface area (Å²) in [4.78, 5) is 11.9. The molecule has 5 nitrogen and oxygen atoms in total. The molecule has 2 unspecified atom stereocenters. The van der Waals surface area contributed by atoms with Crippen molar-refractivity contribution in [2.24, 2.45) is 5.73 Å². The van der Waals surface area contributed by atoms with Gasteiger partial charge in [-0.15, -0.1) is 0 Å². The molecule has 0 heterocycles. The smallest absolute Gasteiger partial charge is 0.260 e. The van der Waals surface area contributed by atoms with E-state index >= 15 is 0 Å². The molecule has 1 aromatic carbocycles. The minimum absolute atomic E-state index is 0.0754. The van der Waals surface area contributed by atoms with E-state index in [4.69, 9.17) is 15.2 Å².